The van der Waals surface area contributed by atoms with Gasteiger partial charge in [-0.25, -0.2) is 4.79 Å². The van der Waals surface area contributed by atoms with Crippen molar-refractivity contribution in [2.45, 2.75) is 51.7 Å². The standard InChI is InChI=1S/C18H24N2O6/c1-2-3-8-17(21)26-15-9-11-19(12-10-15)18(22)25-13-14-6-4-5-7-16(14)20(23)24/h4-7,15H,2-3,8-13H2,1H3. The summed E-state index contributed by atoms with van der Waals surface area (Å²) in [5.41, 5.74) is 0.281. The summed E-state index contributed by atoms with van der Waals surface area (Å²) >= 11 is 0. The van der Waals surface area contributed by atoms with E-state index in [-0.39, 0.29) is 24.4 Å². The zero-order valence-electron chi connectivity index (χ0n) is 14.9. The number of hydrogen-bond donors (Lipinski definition) is 0. The van der Waals surface area contributed by atoms with Crippen LogP contribution in [0.1, 0.15) is 44.6 Å². The summed E-state index contributed by atoms with van der Waals surface area (Å²) in [6, 6.07) is 6.17. The number of likely N-dealkylation sites (tertiary alicyclic amines) is 1. The summed E-state index contributed by atoms with van der Waals surface area (Å²) in [5.74, 6) is -0.190. The lowest BCUT2D eigenvalue weighted by molar-refractivity contribution is -0.385. The molecule has 2 rings (SSSR count). The fourth-order valence-electron chi connectivity index (χ4n) is 2.76. The lowest BCUT2D eigenvalue weighted by Gasteiger charge is -2.31. The Morgan fingerprint density at radius 1 is 1.27 bits per heavy atom. The number of hydrogen-bond acceptors (Lipinski definition) is 6. The van der Waals surface area contributed by atoms with Crippen LogP contribution < -0.4 is 0 Å². The third-order valence-corrected chi connectivity index (χ3v) is 4.27. The molecule has 8 nitrogen and oxygen atoms in total. The zero-order valence-corrected chi connectivity index (χ0v) is 14.9. The van der Waals surface area contributed by atoms with Crippen LogP contribution in [0.4, 0.5) is 10.5 Å². The molecule has 1 amide bonds. The first kappa shape index (κ1) is 19.7. The van der Waals surface area contributed by atoms with Gasteiger partial charge in [-0.15, -0.1) is 0 Å². The quantitative estimate of drug-likeness (QED) is 0.417. The Kier molecular flexibility index (Phi) is 7.37. The van der Waals surface area contributed by atoms with Crippen LogP contribution in [0.5, 0.6) is 0 Å². The molecule has 0 atom stereocenters. The first-order valence-corrected chi connectivity index (χ1v) is 8.84. The third-order valence-electron chi connectivity index (χ3n) is 4.27. The Morgan fingerprint density at radius 2 is 1.96 bits per heavy atom. The molecular weight excluding hydrogens is 340 g/mol. The largest absolute Gasteiger partial charge is 0.462 e. The Morgan fingerprint density at radius 3 is 2.62 bits per heavy atom. The smallest absolute Gasteiger partial charge is 0.410 e. The molecular formula is C18H24N2O6. The van der Waals surface area contributed by atoms with Gasteiger partial charge in [0.25, 0.3) is 5.69 Å². The van der Waals surface area contributed by atoms with Crippen molar-refractivity contribution in [3.63, 3.8) is 0 Å². The van der Waals surface area contributed by atoms with Crippen LogP contribution in [0.15, 0.2) is 24.3 Å². The molecule has 1 heterocycles. The predicted octanol–water partition coefficient (Wildman–Crippen LogP) is 3.43. The van der Waals surface area contributed by atoms with Crippen molar-refractivity contribution in [2.24, 2.45) is 0 Å². The van der Waals surface area contributed by atoms with Gasteiger partial charge in [0.05, 0.1) is 10.5 Å². The summed E-state index contributed by atoms with van der Waals surface area (Å²) in [5, 5.41) is 11.0. The third kappa shape index (κ3) is 5.72. The summed E-state index contributed by atoms with van der Waals surface area (Å²) in [7, 11) is 0. The van der Waals surface area contributed by atoms with Gasteiger partial charge in [0.15, 0.2) is 0 Å². The molecule has 1 aromatic rings. The molecule has 0 N–H and O–H groups in total. The van der Waals surface area contributed by atoms with Crippen LogP contribution >= 0.6 is 0 Å². The van der Waals surface area contributed by atoms with Crippen molar-refractivity contribution in [1.82, 2.24) is 4.90 Å². The fourth-order valence-corrected chi connectivity index (χ4v) is 2.76. The van der Waals surface area contributed by atoms with E-state index in [1.165, 1.54) is 11.0 Å². The van der Waals surface area contributed by atoms with Crippen molar-refractivity contribution in [1.29, 1.82) is 0 Å². The maximum Gasteiger partial charge on any atom is 0.410 e. The maximum absolute atomic E-state index is 12.1. The Bertz CT molecular complexity index is 640. The van der Waals surface area contributed by atoms with E-state index in [4.69, 9.17) is 9.47 Å². The van der Waals surface area contributed by atoms with Crippen LogP contribution in [0, 0.1) is 10.1 Å². The number of rotatable bonds is 7. The van der Waals surface area contributed by atoms with E-state index in [1.807, 2.05) is 6.92 Å². The van der Waals surface area contributed by atoms with Gasteiger partial charge in [-0.1, -0.05) is 25.5 Å². The Hall–Kier alpha value is -2.64. The molecule has 0 aromatic heterocycles. The van der Waals surface area contributed by atoms with Gasteiger partial charge in [0.2, 0.25) is 0 Å². The topological polar surface area (TPSA) is 99.0 Å². The number of unbranched alkanes of at least 4 members (excludes halogenated alkanes) is 1. The molecule has 26 heavy (non-hydrogen) atoms. The molecule has 0 unspecified atom stereocenters. The normalized spacial score (nSPS) is 14.7. The summed E-state index contributed by atoms with van der Waals surface area (Å²) in [6.45, 7) is 2.73. The van der Waals surface area contributed by atoms with Gasteiger partial charge in [0, 0.05) is 38.4 Å². The SMILES string of the molecule is CCCCC(=O)OC1CCN(C(=O)OCc2ccccc2[N+](=O)[O-])CC1. The highest BCUT2D eigenvalue weighted by molar-refractivity contribution is 5.70. The van der Waals surface area contributed by atoms with Crippen molar-refractivity contribution >= 4 is 17.7 Å². The van der Waals surface area contributed by atoms with Crippen molar-refractivity contribution in [3.05, 3.63) is 39.9 Å². The summed E-state index contributed by atoms with van der Waals surface area (Å²) < 4.78 is 10.6. The number of ether oxygens (including phenoxy) is 2. The van der Waals surface area contributed by atoms with E-state index in [0.29, 0.717) is 37.9 Å². The monoisotopic (exact) mass is 364 g/mol. The number of nitro benzene ring substituents is 1. The highest BCUT2D eigenvalue weighted by atomic mass is 16.6. The van der Waals surface area contributed by atoms with Gasteiger partial charge in [0.1, 0.15) is 12.7 Å². The molecule has 8 heteroatoms. The Labute approximate surface area is 152 Å². The predicted molar refractivity (Wildman–Crippen MR) is 93.5 cm³/mol. The number of esters is 1. The minimum Gasteiger partial charge on any atom is -0.462 e. The van der Waals surface area contributed by atoms with Crippen molar-refractivity contribution in [2.75, 3.05) is 13.1 Å². The van der Waals surface area contributed by atoms with Gasteiger partial charge in [-0.05, 0) is 12.5 Å². The van der Waals surface area contributed by atoms with Gasteiger partial charge >= 0.3 is 12.1 Å². The number of piperidine rings is 1. The molecule has 1 aromatic carbocycles. The molecule has 1 aliphatic rings. The average molecular weight is 364 g/mol. The van der Waals surface area contributed by atoms with Crippen LogP contribution in [0.3, 0.4) is 0 Å². The highest BCUT2D eigenvalue weighted by Crippen LogP contribution is 2.20. The molecule has 0 spiro atoms. The second kappa shape index (κ2) is 9.74. The van der Waals surface area contributed by atoms with E-state index in [0.717, 1.165) is 12.8 Å². The number of amides is 1. The number of para-hydroxylation sites is 1. The van der Waals surface area contributed by atoms with E-state index in [9.17, 15) is 19.7 Å². The molecule has 1 saturated heterocycles. The van der Waals surface area contributed by atoms with Crippen molar-refractivity contribution in [3.8, 4) is 0 Å². The highest BCUT2D eigenvalue weighted by Gasteiger charge is 2.26. The fraction of sp³-hybridized carbons (Fsp3) is 0.556. The number of carbonyl (C=O) groups is 2. The maximum atomic E-state index is 12.1. The molecule has 0 aliphatic carbocycles. The number of carbonyl (C=O) groups excluding carboxylic acids is 2. The van der Waals surface area contributed by atoms with Gasteiger partial charge in [-0.2, -0.15) is 0 Å². The lowest BCUT2D eigenvalue weighted by atomic mass is 10.1. The van der Waals surface area contributed by atoms with E-state index >= 15 is 0 Å². The molecule has 0 radical (unpaired) electrons. The van der Waals surface area contributed by atoms with Gasteiger partial charge in [-0.3, -0.25) is 14.9 Å². The van der Waals surface area contributed by atoms with E-state index in [1.54, 1.807) is 18.2 Å². The summed E-state index contributed by atoms with van der Waals surface area (Å²) in [4.78, 5) is 35.8. The van der Waals surface area contributed by atoms with Crippen LogP contribution in [-0.2, 0) is 20.9 Å². The Balaban J connectivity index is 1.77. The molecule has 0 bridgehead atoms. The minimum absolute atomic E-state index is 0.0713. The zero-order chi connectivity index (χ0) is 18.9. The minimum atomic E-state index is -0.515. The first-order chi connectivity index (χ1) is 12.5. The van der Waals surface area contributed by atoms with Gasteiger partial charge < -0.3 is 14.4 Å². The number of nitrogens with zero attached hydrogens (tertiary/aromatic N) is 2. The second-order valence-corrected chi connectivity index (χ2v) is 6.22. The average Bonchev–Trinajstić information content (AvgIpc) is 2.65. The second-order valence-electron chi connectivity index (χ2n) is 6.22. The van der Waals surface area contributed by atoms with Crippen molar-refractivity contribution < 1.29 is 24.0 Å². The molecule has 142 valence electrons. The molecule has 1 fully saturated rings. The van der Waals surface area contributed by atoms with Crippen LogP contribution in [-0.4, -0.2) is 41.1 Å². The first-order valence-electron chi connectivity index (χ1n) is 8.84. The van der Waals surface area contributed by atoms with E-state index < -0.39 is 11.0 Å². The molecule has 0 saturated carbocycles. The van der Waals surface area contributed by atoms with Crippen LogP contribution in [0.2, 0.25) is 0 Å². The van der Waals surface area contributed by atoms with Crippen LogP contribution in [0.25, 0.3) is 0 Å². The number of benzene rings is 1. The van der Waals surface area contributed by atoms with E-state index in [2.05, 4.69) is 0 Å². The summed E-state index contributed by atoms with van der Waals surface area (Å²) in [6.07, 6.45) is 2.64. The molecule has 1 aliphatic heterocycles. The number of nitro groups is 1. The lowest BCUT2D eigenvalue weighted by Crippen LogP contribution is -2.41.